The number of nitrogens with zero attached hydrogens (tertiary/aromatic N) is 2. The van der Waals surface area contributed by atoms with E-state index in [9.17, 15) is 4.39 Å². The molecule has 20 heavy (non-hydrogen) atoms. The lowest BCUT2D eigenvalue weighted by Crippen LogP contribution is -2.30. The van der Waals surface area contributed by atoms with Crippen LogP contribution in [-0.2, 0) is 6.42 Å². The van der Waals surface area contributed by atoms with Crippen molar-refractivity contribution in [1.82, 2.24) is 15.0 Å². The fraction of sp³-hybridized carbons (Fsp3) is 0.385. The van der Waals surface area contributed by atoms with Crippen LogP contribution in [0.1, 0.15) is 41.9 Å². The topological polar surface area (TPSA) is 63.8 Å². The molecule has 2 aromatic rings. The van der Waals surface area contributed by atoms with Crippen molar-refractivity contribution in [1.29, 1.82) is 0 Å². The van der Waals surface area contributed by atoms with Gasteiger partial charge in [0, 0.05) is 0 Å². The van der Waals surface area contributed by atoms with Crippen LogP contribution in [0.3, 0.4) is 0 Å². The molecule has 0 amide bonds. The van der Waals surface area contributed by atoms with Gasteiger partial charge in [0.05, 0.1) is 21.1 Å². The van der Waals surface area contributed by atoms with Crippen LogP contribution in [0.15, 0.2) is 22.7 Å². The van der Waals surface area contributed by atoms with Gasteiger partial charge in [-0.3, -0.25) is 11.3 Å². The van der Waals surface area contributed by atoms with Crippen LogP contribution in [0.5, 0.6) is 0 Å². The molecule has 1 aromatic carbocycles. The minimum absolute atomic E-state index is 0.134. The highest BCUT2D eigenvalue weighted by molar-refractivity contribution is 9.10. The van der Waals surface area contributed by atoms with Gasteiger partial charge in [0.25, 0.3) is 0 Å². The number of hydrogen-bond donors (Lipinski definition) is 2. The van der Waals surface area contributed by atoms with Crippen LogP contribution in [0, 0.1) is 5.82 Å². The van der Waals surface area contributed by atoms with Gasteiger partial charge in [-0.25, -0.2) is 4.39 Å². The molecule has 7 heteroatoms. The molecule has 2 rings (SSSR count). The molecule has 1 atom stereocenters. The summed E-state index contributed by atoms with van der Waals surface area (Å²) in [6, 6.07) is 4.86. The van der Waals surface area contributed by atoms with Crippen LogP contribution in [0.25, 0.3) is 0 Å². The van der Waals surface area contributed by atoms with E-state index in [1.54, 1.807) is 6.07 Å². The number of aromatic nitrogens is 2. The number of halogens is 2. The van der Waals surface area contributed by atoms with Gasteiger partial charge in [0.15, 0.2) is 0 Å². The molecule has 0 bridgehead atoms. The van der Waals surface area contributed by atoms with Gasteiger partial charge in [-0.05, 0) is 51.4 Å². The van der Waals surface area contributed by atoms with E-state index in [2.05, 4.69) is 44.8 Å². The Morgan fingerprint density at radius 1 is 1.45 bits per heavy atom. The maximum Gasteiger partial charge on any atom is 0.137 e. The lowest BCUT2D eigenvalue weighted by molar-refractivity contribution is 0.546. The second-order valence-corrected chi connectivity index (χ2v) is 6.39. The van der Waals surface area contributed by atoms with Gasteiger partial charge in [-0.15, -0.1) is 5.10 Å². The molecule has 0 spiro atoms. The van der Waals surface area contributed by atoms with E-state index in [1.165, 1.54) is 17.6 Å². The highest BCUT2D eigenvalue weighted by Crippen LogP contribution is 2.30. The van der Waals surface area contributed by atoms with Gasteiger partial charge >= 0.3 is 0 Å². The lowest BCUT2D eigenvalue weighted by atomic mass is 10.0. The quantitative estimate of drug-likeness (QED) is 0.635. The second kappa shape index (κ2) is 6.71. The van der Waals surface area contributed by atoms with Crippen LogP contribution in [-0.4, -0.2) is 9.59 Å². The van der Waals surface area contributed by atoms with E-state index >= 15 is 0 Å². The number of nitrogens with one attached hydrogen (secondary N) is 1. The summed E-state index contributed by atoms with van der Waals surface area (Å²) in [5.41, 5.74) is 4.58. The molecule has 0 aliphatic rings. The van der Waals surface area contributed by atoms with E-state index in [0.29, 0.717) is 10.9 Å². The number of benzene rings is 1. The molecule has 4 nitrogen and oxygen atoms in total. The number of hydrogen-bond acceptors (Lipinski definition) is 5. The third kappa shape index (κ3) is 3.22. The Kier molecular flexibility index (Phi) is 5.20. The molecule has 0 radical (unpaired) electrons. The number of hydrazine groups is 1. The van der Waals surface area contributed by atoms with Crippen molar-refractivity contribution in [3.8, 4) is 0 Å². The Morgan fingerprint density at radius 3 is 2.85 bits per heavy atom. The van der Waals surface area contributed by atoms with Crippen molar-refractivity contribution < 1.29 is 4.39 Å². The predicted molar refractivity (Wildman–Crippen MR) is 81.9 cm³/mol. The first-order chi connectivity index (χ1) is 9.54. The smallest absolute Gasteiger partial charge is 0.137 e. The maximum absolute atomic E-state index is 13.6. The summed E-state index contributed by atoms with van der Waals surface area (Å²) < 4.78 is 18.0. The highest BCUT2D eigenvalue weighted by atomic mass is 79.9. The second-order valence-electron chi connectivity index (χ2n) is 4.81. The summed E-state index contributed by atoms with van der Waals surface area (Å²) in [6.45, 7) is 4.12. The molecular formula is C13H16BrFN4S. The van der Waals surface area contributed by atoms with Gasteiger partial charge in [0.1, 0.15) is 5.82 Å². The molecule has 0 aliphatic heterocycles. The SMILES string of the molecule is CC(C)c1nnsc1C(Cc1cccc(F)c1Br)NN. The molecule has 1 heterocycles. The fourth-order valence-corrected chi connectivity index (χ4v) is 3.29. The van der Waals surface area contributed by atoms with Crippen LogP contribution in [0.4, 0.5) is 4.39 Å². The summed E-state index contributed by atoms with van der Waals surface area (Å²) in [5.74, 6) is 5.66. The minimum atomic E-state index is -0.273. The van der Waals surface area contributed by atoms with Gasteiger partial charge in [-0.1, -0.05) is 30.5 Å². The Labute approximate surface area is 129 Å². The first kappa shape index (κ1) is 15.5. The van der Waals surface area contributed by atoms with Gasteiger partial charge < -0.3 is 0 Å². The zero-order valence-corrected chi connectivity index (χ0v) is 13.6. The Morgan fingerprint density at radius 2 is 2.20 bits per heavy atom. The molecule has 0 aliphatic carbocycles. The molecule has 0 saturated heterocycles. The molecule has 3 N–H and O–H groups in total. The molecule has 0 saturated carbocycles. The van der Waals surface area contributed by atoms with E-state index in [1.807, 2.05) is 6.07 Å². The zero-order chi connectivity index (χ0) is 14.7. The van der Waals surface area contributed by atoms with Crippen molar-refractivity contribution in [3.63, 3.8) is 0 Å². The first-order valence-electron chi connectivity index (χ1n) is 6.25. The van der Waals surface area contributed by atoms with E-state index in [-0.39, 0.29) is 17.8 Å². The maximum atomic E-state index is 13.6. The van der Waals surface area contributed by atoms with Crippen LogP contribution >= 0.6 is 27.5 Å². The van der Waals surface area contributed by atoms with E-state index < -0.39 is 0 Å². The standard InChI is InChI=1S/C13H16BrFN4S/c1-7(2)12-13(20-19-18-12)10(17-16)6-8-4-3-5-9(15)11(8)14/h3-5,7,10,17H,6,16H2,1-2H3. The van der Waals surface area contributed by atoms with Crippen molar-refractivity contribution in [2.75, 3.05) is 0 Å². The number of nitrogens with two attached hydrogens (primary N) is 1. The van der Waals surface area contributed by atoms with E-state index in [4.69, 9.17) is 5.84 Å². The largest absolute Gasteiger partial charge is 0.271 e. The molecule has 1 aromatic heterocycles. The molecule has 0 fully saturated rings. The van der Waals surface area contributed by atoms with Gasteiger partial charge in [-0.2, -0.15) is 0 Å². The predicted octanol–water partition coefficient (Wildman–Crippen LogP) is 3.31. The lowest BCUT2D eigenvalue weighted by Gasteiger charge is -2.17. The molecule has 1 unspecified atom stereocenters. The van der Waals surface area contributed by atoms with Gasteiger partial charge in [0.2, 0.25) is 0 Å². The third-order valence-electron chi connectivity index (χ3n) is 3.06. The van der Waals surface area contributed by atoms with Crippen LogP contribution < -0.4 is 11.3 Å². The fourth-order valence-electron chi connectivity index (χ4n) is 2.00. The average Bonchev–Trinajstić information content (AvgIpc) is 2.90. The Bertz CT molecular complexity index is 588. The van der Waals surface area contributed by atoms with Crippen molar-refractivity contribution in [2.45, 2.75) is 32.2 Å². The molecular weight excluding hydrogens is 343 g/mol. The Hall–Kier alpha value is -0.890. The van der Waals surface area contributed by atoms with Crippen LogP contribution in [0.2, 0.25) is 0 Å². The summed E-state index contributed by atoms with van der Waals surface area (Å²) in [5, 5.41) is 4.15. The van der Waals surface area contributed by atoms with E-state index in [0.717, 1.165) is 16.1 Å². The summed E-state index contributed by atoms with van der Waals surface area (Å²) in [4.78, 5) is 0.999. The molecule has 108 valence electrons. The summed E-state index contributed by atoms with van der Waals surface area (Å²) in [7, 11) is 0. The normalized spacial score (nSPS) is 12.9. The minimum Gasteiger partial charge on any atom is -0.271 e. The summed E-state index contributed by atoms with van der Waals surface area (Å²) >= 11 is 4.60. The summed E-state index contributed by atoms with van der Waals surface area (Å²) in [6.07, 6.45) is 0.568. The van der Waals surface area contributed by atoms with Crippen molar-refractivity contribution >= 4 is 27.5 Å². The number of rotatable bonds is 5. The zero-order valence-electron chi connectivity index (χ0n) is 11.2. The average molecular weight is 359 g/mol. The highest BCUT2D eigenvalue weighted by Gasteiger charge is 2.21. The first-order valence-corrected chi connectivity index (χ1v) is 7.82. The Balaban J connectivity index is 2.29. The van der Waals surface area contributed by atoms with Crippen molar-refractivity contribution in [2.24, 2.45) is 5.84 Å². The third-order valence-corrected chi connectivity index (χ3v) is 4.80. The monoisotopic (exact) mass is 358 g/mol. The van der Waals surface area contributed by atoms with Crippen molar-refractivity contribution in [3.05, 3.63) is 44.6 Å².